The number of hydrogen-bond acceptors (Lipinski definition) is 2. The minimum Gasteiger partial charge on any atom is -0.350 e. The van der Waals surface area contributed by atoms with Crippen LogP contribution in [0.15, 0.2) is 54.6 Å². The Hall–Kier alpha value is -2.27. The van der Waals surface area contributed by atoms with E-state index in [0.29, 0.717) is 5.92 Å². The number of rotatable bonds is 11. The molecular weight excluding hydrogens is 442 g/mol. The number of nitrogens with one attached hydrogen (secondary N) is 1. The third-order valence-electron chi connectivity index (χ3n) is 5.71. The number of aryl methyl sites for hydroxylation is 1. The number of alkyl halides is 2. The van der Waals surface area contributed by atoms with Crippen molar-refractivity contribution in [2.75, 3.05) is 26.2 Å². The molecule has 2 aromatic carbocycles. The molecule has 1 amide bonds. The topological polar surface area (TPSA) is 32.3 Å². The number of carbonyl (C=O) groups is 1. The normalized spacial score (nSPS) is 11.6. The molecule has 35 heavy (non-hydrogen) atoms. The summed E-state index contributed by atoms with van der Waals surface area (Å²) in [7, 11) is 0. The fourth-order valence-electron chi connectivity index (χ4n) is 3.47. The lowest BCUT2D eigenvalue weighted by molar-refractivity contribution is -0.120. The molecule has 2 rings (SSSR count). The first-order valence-corrected chi connectivity index (χ1v) is 13.0. The molecule has 0 aliphatic rings. The zero-order chi connectivity index (χ0) is 26.7. The van der Waals surface area contributed by atoms with Crippen molar-refractivity contribution < 1.29 is 13.6 Å². The highest BCUT2D eigenvalue weighted by atomic mass is 19.3. The Labute approximate surface area is 213 Å². The van der Waals surface area contributed by atoms with E-state index in [1.807, 2.05) is 5.32 Å². The molecule has 0 bridgehead atoms. The number of unbranched alkanes of at least 4 members (excludes halogenated alkanes) is 2. The molecule has 0 aliphatic heterocycles. The molecular formula is C30H48F2N2O. The zero-order valence-corrected chi connectivity index (χ0v) is 23.0. The number of carbonyl (C=O) groups excluding carboxylic acids is 1. The fourth-order valence-corrected chi connectivity index (χ4v) is 3.47. The van der Waals surface area contributed by atoms with Gasteiger partial charge in [-0.3, -0.25) is 4.79 Å². The van der Waals surface area contributed by atoms with Gasteiger partial charge in [-0.2, -0.15) is 0 Å². The average Bonchev–Trinajstić information content (AvgIpc) is 2.84. The molecule has 0 aliphatic carbocycles. The molecule has 3 nitrogen and oxygen atoms in total. The molecule has 1 atom stereocenters. The van der Waals surface area contributed by atoms with Crippen LogP contribution in [0.5, 0.6) is 0 Å². The zero-order valence-electron chi connectivity index (χ0n) is 23.0. The Kier molecular flexibility index (Phi) is 17.8. The number of nitrogens with zero attached hydrogens (tertiary/aromatic N) is 1. The van der Waals surface area contributed by atoms with Crippen LogP contribution in [-0.2, 0) is 4.79 Å². The highest BCUT2D eigenvalue weighted by Crippen LogP contribution is 2.25. The van der Waals surface area contributed by atoms with E-state index in [1.165, 1.54) is 68.9 Å². The van der Waals surface area contributed by atoms with Crippen molar-refractivity contribution in [3.8, 4) is 0 Å². The van der Waals surface area contributed by atoms with Crippen molar-refractivity contribution in [3.63, 3.8) is 0 Å². The molecule has 0 fully saturated rings. The van der Waals surface area contributed by atoms with Gasteiger partial charge in [0.25, 0.3) is 5.92 Å². The molecule has 5 heteroatoms. The van der Waals surface area contributed by atoms with Crippen LogP contribution in [-0.4, -0.2) is 42.9 Å². The minimum absolute atomic E-state index is 0.434. The van der Waals surface area contributed by atoms with E-state index in [9.17, 15) is 13.6 Å². The number of amides is 1. The molecule has 0 heterocycles. The van der Waals surface area contributed by atoms with E-state index in [-0.39, 0.29) is 0 Å². The van der Waals surface area contributed by atoms with Crippen molar-refractivity contribution in [3.05, 3.63) is 71.3 Å². The summed E-state index contributed by atoms with van der Waals surface area (Å²) in [6.07, 6.45) is 5.36. The second kappa shape index (κ2) is 19.0. The molecule has 0 radical (unpaired) electrons. The van der Waals surface area contributed by atoms with E-state index < -0.39 is 18.4 Å². The monoisotopic (exact) mass is 490 g/mol. The summed E-state index contributed by atoms with van der Waals surface area (Å²) in [6, 6.07) is 19.2. The van der Waals surface area contributed by atoms with Gasteiger partial charge < -0.3 is 10.2 Å². The van der Waals surface area contributed by atoms with Gasteiger partial charge in [0.2, 0.25) is 5.91 Å². The van der Waals surface area contributed by atoms with E-state index in [1.54, 1.807) is 0 Å². The maximum absolute atomic E-state index is 11.9. The van der Waals surface area contributed by atoms with Crippen molar-refractivity contribution in [2.45, 2.75) is 86.0 Å². The average molecular weight is 491 g/mol. The van der Waals surface area contributed by atoms with E-state index in [0.717, 1.165) is 6.92 Å². The summed E-state index contributed by atoms with van der Waals surface area (Å²) in [4.78, 5) is 12.6. The number of benzene rings is 2. The van der Waals surface area contributed by atoms with Gasteiger partial charge in [0.05, 0.1) is 6.54 Å². The molecule has 0 aromatic heterocycles. The van der Waals surface area contributed by atoms with Gasteiger partial charge >= 0.3 is 0 Å². The Morgan fingerprint density at radius 2 is 1.46 bits per heavy atom. The summed E-state index contributed by atoms with van der Waals surface area (Å²) in [5.74, 6) is -2.75. The molecule has 0 spiro atoms. The van der Waals surface area contributed by atoms with Gasteiger partial charge in [0.15, 0.2) is 0 Å². The van der Waals surface area contributed by atoms with Crippen LogP contribution in [0.2, 0.25) is 0 Å². The maximum Gasteiger partial charge on any atom is 0.262 e. The second-order valence-corrected chi connectivity index (χ2v) is 9.11. The first-order chi connectivity index (χ1) is 16.6. The van der Waals surface area contributed by atoms with Crippen molar-refractivity contribution in [1.82, 2.24) is 10.2 Å². The van der Waals surface area contributed by atoms with E-state index in [2.05, 4.69) is 94.1 Å². The molecule has 2 aromatic rings. The van der Waals surface area contributed by atoms with Crippen LogP contribution in [0.3, 0.4) is 0 Å². The van der Waals surface area contributed by atoms with Crippen molar-refractivity contribution in [2.24, 2.45) is 0 Å². The lowest BCUT2D eigenvalue weighted by Crippen LogP contribution is -2.32. The predicted molar refractivity (Wildman–Crippen MR) is 146 cm³/mol. The molecule has 198 valence electrons. The summed E-state index contributed by atoms with van der Waals surface area (Å²) in [6.45, 7) is 16.4. The summed E-state index contributed by atoms with van der Waals surface area (Å²) in [5, 5.41) is 2.00. The Morgan fingerprint density at radius 3 is 1.86 bits per heavy atom. The Morgan fingerprint density at radius 1 is 0.943 bits per heavy atom. The molecule has 1 unspecified atom stereocenters. The van der Waals surface area contributed by atoms with Gasteiger partial charge in [-0.25, -0.2) is 8.78 Å². The second-order valence-electron chi connectivity index (χ2n) is 9.11. The van der Waals surface area contributed by atoms with Gasteiger partial charge in [0.1, 0.15) is 0 Å². The van der Waals surface area contributed by atoms with Gasteiger partial charge in [-0.05, 0) is 56.1 Å². The lowest BCUT2D eigenvalue weighted by Gasteiger charge is -2.19. The minimum atomic E-state index is -2.80. The third kappa shape index (κ3) is 16.9. The van der Waals surface area contributed by atoms with E-state index in [4.69, 9.17) is 0 Å². The molecule has 0 saturated heterocycles. The summed E-state index contributed by atoms with van der Waals surface area (Å²) < 4.78 is 23.7. The van der Waals surface area contributed by atoms with Crippen LogP contribution in [0.25, 0.3) is 0 Å². The van der Waals surface area contributed by atoms with Crippen LogP contribution in [0.4, 0.5) is 8.78 Å². The first-order valence-electron chi connectivity index (χ1n) is 13.0. The molecule has 1 N–H and O–H groups in total. The largest absolute Gasteiger partial charge is 0.350 e. The maximum atomic E-state index is 11.9. The van der Waals surface area contributed by atoms with E-state index >= 15 is 0 Å². The van der Waals surface area contributed by atoms with Gasteiger partial charge in [-0.15, -0.1) is 0 Å². The Bertz CT molecular complexity index is 782. The smallest absolute Gasteiger partial charge is 0.262 e. The highest BCUT2D eigenvalue weighted by molar-refractivity contribution is 5.72. The van der Waals surface area contributed by atoms with Gasteiger partial charge in [-0.1, -0.05) is 95.1 Å². The van der Waals surface area contributed by atoms with Crippen molar-refractivity contribution in [1.29, 1.82) is 0 Å². The van der Waals surface area contributed by atoms with Crippen LogP contribution in [0, 0.1) is 6.92 Å². The Balaban J connectivity index is 0.000000518. The van der Waals surface area contributed by atoms with Crippen LogP contribution >= 0.6 is 0 Å². The third-order valence-corrected chi connectivity index (χ3v) is 5.71. The number of halogens is 2. The fraction of sp³-hybridized carbons (Fsp3) is 0.567. The standard InChI is InChI=1S/C15H16.C10H23N.C5H9F2NO/c1-12-8-6-7-11-15(12)13(2)14-9-4-3-5-10-14;1-4-7-9-11(6-3)10-8-5-2;1-4(9)8-3-5(2,6)7/h3-11,13H,1-2H3;4-10H2,1-3H3;3H2,1-2H3,(H,8,9). The quantitative estimate of drug-likeness (QED) is 0.348. The highest BCUT2D eigenvalue weighted by Gasteiger charge is 2.20. The van der Waals surface area contributed by atoms with Crippen LogP contribution in [0.1, 0.15) is 89.8 Å². The predicted octanol–water partition coefficient (Wildman–Crippen LogP) is 7.83. The van der Waals surface area contributed by atoms with Crippen molar-refractivity contribution >= 4 is 5.91 Å². The molecule has 0 saturated carbocycles. The number of hydrogen-bond donors (Lipinski definition) is 1. The van der Waals surface area contributed by atoms with Crippen LogP contribution < -0.4 is 5.32 Å². The van der Waals surface area contributed by atoms with Gasteiger partial charge in [0, 0.05) is 19.8 Å². The summed E-state index contributed by atoms with van der Waals surface area (Å²) >= 11 is 0. The lowest BCUT2D eigenvalue weighted by atomic mass is 9.90. The summed E-state index contributed by atoms with van der Waals surface area (Å²) in [5.41, 5.74) is 4.17. The first kappa shape index (κ1) is 32.7. The SMILES string of the molecule is CC(=O)NCC(C)(F)F.CCCCN(CC)CCCC.Cc1ccccc1C(C)c1ccccc1.